The summed E-state index contributed by atoms with van der Waals surface area (Å²) in [5.41, 5.74) is 0. The molecule has 3 rings (SSSR count). The average molecular weight is 250 g/mol. The predicted molar refractivity (Wildman–Crippen MR) is 76.8 cm³/mol. The largest absolute Gasteiger partial charge is 0.314 e. The smallest absolute Gasteiger partial charge is 0.0116 e. The molecule has 2 heterocycles. The Bertz CT molecular complexity index is 264. The number of nitrogens with zero attached hydrogens (tertiary/aromatic N) is 1. The third kappa shape index (κ3) is 2.46. The topological polar surface area (TPSA) is 15.3 Å². The SMILES string of the molecule is CCNC1CC2CCC(C1)N2C1CCCC(C)C1. The van der Waals surface area contributed by atoms with Crippen LogP contribution in [0.4, 0.5) is 0 Å². The first kappa shape index (κ1) is 12.9. The van der Waals surface area contributed by atoms with Crippen molar-refractivity contribution in [3.8, 4) is 0 Å². The normalized spacial score (nSPS) is 45.3. The number of nitrogens with one attached hydrogen (secondary N) is 1. The molecule has 1 saturated carbocycles. The molecular formula is C16H30N2. The molecule has 0 radical (unpaired) electrons. The summed E-state index contributed by atoms with van der Waals surface area (Å²) in [6.45, 7) is 5.85. The van der Waals surface area contributed by atoms with Gasteiger partial charge in [-0.15, -0.1) is 0 Å². The van der Waals surface area contributed by atoms with E-state index in [4.69, 9.17) is 0 Å². The molecule has 4 atom stereocenters. The molecule has 104 valence electrons. The van der Waals surface area contributed by atoms with Gasteiger partial charge in [-0.05, 0) is 51.0 Å². The van der Waals surface area contributed by atoms with Crippen LogP contribution < -0.4 is 5.32 Å². The van der Waals surface area contributed by atoms with Crippen LogP contribution in [0.5, 0.6) is 0 Å². The van der Waals surface area contributed by atoms with Crippen LogP contribution in [0.25, 0.3) is 0 Å². The molecule has 1 aliphatic carbocycles. The van der Waals surface area contributed by atoms with Crippen molar-refractivity contribution in [3.63, 3.8) is 0 Å². The monoisotopic (exact) mass is 250 g/mol. The lowest BCUT2D eigenvalue weighted by Gasteiger charge is -2.46. The van der Waals surface area contributed by atoms with Gasteiger partial charge in [0, 0.05) is 24.2 Å². The van der Waals surface area contributed by atoms with Gasteiger partial charge in [0.2, 0.25) is 0 Å². The van der Waals surface area contributed by atoms with Gasteiger partial charge >= 0.3 is 0 Å². The minimum Gasteiger partial charge on any atom is -0.314 e. The summed E-state index contributed by atoms with van der Waals surface area (Å²) in [5.74, 6) is 0.967. The molecule has 2 saturated heterocycles. The Morgan fingerprint density at radius 3 is 2.22 bits per heavy atom. The zero-order valence-corrected chi connectivity index (χ0v) is 12.2. The van der Waals surface area contributed by atoms with Crippen LogP contribution in [0, 0.1) is 5.92 Å². The molecule has 3 aliphatic rings. The summed E-state index contributed by atoms with van der Waals surface area (Å²) >= 11 is 0. The third-order valence-corrected chi connectivity index (χ3v) is 5.61. The molecule has 4 unspecified atom stereocenters. The minimum atomic E-state index is 0.810. The fourth-order valence-corrected chi connectivity index (χ4v) is 4.94. The maximum absolute atomic E-state index is 3.69. The fraction of sp³-hybridized carbons (Fsp3) is 1.00. The first-order chi connectivity index (χ1) is 8.78. The number of piperidine rings is 1. The molecule has 2 bridgehead atoms. The van der Waals surface area contributed by atoms with Crippen molar-refractivity contribution in [2.75, 3.05) is 6.54 Å². The Morgan fingerprint density at radius 1 is 0.944 bits per heavy atom. The van der Waals surface area contributed by atoms with E-state index in [1.807, 2.05) is 0 Å². The standard InChI is InChI=1S/C16H30N2/c1-3-17-13-10-15-7-8-16(11-13)18(15)14-6-4-5-12(2)9-14/h12-17H,3-11H2,1-2H3. The van der Waals surface area contributed by atoms with Crippen molar-refractivity contribution < 1.29 is 0 Å². The zero-order chi connectivity index (χ0) is 12.5. The lowest BCUT2D eigenvalue weighted by atomic mass is 9.83. The van der Waals surface area contributed by atoms with Gasteiger partial charge in [0.15, 0.2) is 0 Å². The van der Waals surface area contributed by atoms with Crippen molar-refractivity contribution in [3.05, 3.63) is 0 Å². The molecule has 0 aromatic heterocycles. The van der Waals surface area contributed by atoms with Gasteiger partial charge in [-0.25, -0.2) is 0 Å². The van der Waals surface area contributed by atoms with Gasteiger partial charge in [-0.2, -0.15) is 0 Å². The molecule has 0 spiro atoms. The van der Waals surface area contributed by atoms with Gasteiger partial charge in [0.05, 0.1) is 0 Å². The van der Waals surface area contributed by atoms with E-state index in [1.165, 1.54) is 51.4 Å². The van der Waals surface area contributed by atoms with E-state index in [9.17, 15) is 0 Å². The Balaban J connectivity index is 1.64. The van der Waals surface area contributed by atoms with Crippen LogP contribution in [0.15, 0.2) is 0 Å². The summed E-state index contributed by atoms with van der Waals surface area (Å²) in [7, 11) is 0. The Morgan fingerprint density at radius 2 is 1.61 bits per heavy atom. The molecule has 2 nitrogen and oxygen atoms in total. The Labute approximate surface area is 113 Å². The fourth-order valence-electron chi connectivity index (χ4n) is 4.94. The lowest BCUT2D eigenvalue weighted by Crippen LogP contribution is -2.53. The summed E-state index contributed by atoms with van der Waals surface area (Å²) in [5, 5.41) is 3.69. The number of hydrogen-bond acceptors (Lipinski definition) is 2. The second-order valence-corrected chi connectivity index (χ2v) is 6.98. The second-order valence-electron chi connectivity index (χ2n) is 6.98. The summed E-state index contributed by atoms with van der Waals surface area (Å²) in [6.07, 6.45) is 11.7. The molecule has 0 amide bonds. The lowest BCUT2D eigenvalue weighted by molar-refractivity contribution is 0.0419. The van der Waals surface area contributed by atoms with Crippen LogP contribution in [-0.4, -0.2) is 35.6 Å². The number of hydrogen-bond donors (Lipinski definition) is 1. The van der Waals surface area contributed by atoms with Gasteiger partial charge in [0.1, 0.15) is 0 Å². The van der Waals surface area contributed by atoms with Crippen LogP contribution >= 0.6 is 0 Å². The highest BCUT2D eigenvalue weighted by Crippen LogP contribution is 2.41. The summed E-state index contributed by atoms with van der Waals surface area (Å²) < 4.78 is 0. The van der Waals surface area contributed by atoms with Crippen LogP contribution in [-0.2, 0) is 0 Å². The first-order valence-electron chi connectivity index (χ1n) is 8.28. The molecule has 2 heteroatoms. The van der Waals surface area contributed by atoms with E-state index in [-0.39, 0.29) is 0 Å². The molecule has 18 heavy (non-hydrogen) atoms. The average Bonchev–Trinajstić information content (AvgIpc) is 2.62. The van der Waals surface area contributed by atoms with Crippen LogP contribution in [0.2, 0.25) is 0 Å². The Hall–Kier alpha value is -0.0800. The third-order valence-electron chi connectivity index (χ3n) is 5.61. The minimum absolute atomic E-state index is 0.810. The molecule has 0 aromatic rings. The maximum Gasteiger partial charge on any atom is 0.0116 e. The van der Waals surface area contributed by atoms with Crippen LogP contribution in [0.1, 0.15) is 65.2 Å². The quantitative estimate of drug-likeness (QED) is 0.827. The molecule has 0 aromatic carbocycles. The zero-order valence-electron chi connectivity index (χ0n) is 12.2. The van der Waals surface area contributed by atoms with Crippen molar-refractivity contribution in [1.29, 1.82) is 0 Å². The number of fused-ring (bicyclic) bond motifs is 2. The van der Waals surface area contributed by atoms with E-state index in [2.05, 4.69) is 24.1 Å². The maximum atomic E-state index is 3.69. The summed E-state index contributed by atoms with van der Waals surface area (Å²) in [4.78, 5) is 2.96. The summed E-state index contributed by atoms with van der Waals surface area (Å²) in [6, 6.07) is 3.55. The van der Waals surface area contributed by atoms with E-state index in [0.29, 0.717) is 0 Å². The van der Waals surface area contributed by atoms with Gasteiger partial charge < -0.3 is 5.32 Å². The van der Waals surface area contributed by atoms with Gasteiger partial charge in [0.25, 0.3) is 0 Å². The van der Waals surface area contributed by atoms with Gasteiger partial charge in [-0.3, -0.25) is 4.90 Å². The first-order valence-corrected chi connectivity index (χ1v) is 8.28. The highest BCUT2D eigenvalue weighted by molar-refractivity contribution is 5.00. The Kier molecular flexibility index (Phi) is 3.95. The van der Waals surface area contributed by atoms with Crippen molar-refractivity contribution in [2.45, 2.75) is 89.4 Å². The molecule has 2 aliphatic heterocycles. The van der Waals surface area contributed by atoms with E-state index in [1.54, 1.807) is 0 Å². The second kappa shape index (κ2) is 5.50. The van der Waals surface area contributed by atoms with E-state index >= 15 is 0 Å². The van der Waals surface area contributed by atoms with Crippen LogP contribution in [0.3, 0.4) is 0 Å². The van der Waals surface area contributed by atoms with Crippen molar-refractivity contribution in [1.82, 2.24) is 10.2 Å². The van der Waals surface area contributed by atoms with Crippen molar-refractivity contribution >= 4 is 0 Å². The molecule has 1 N–H and O–H groups in total. The highest BCUT2D eigenvalue weighted by atomic mass is 15.3. The molecular weight excluding hydrogens is 220 g/mol. The van der Waals surface area contributed by atoms with E-state index < -0.39 is 0 Å². The van der Waals surface area contributed by atoms with Gasteiger partial charge in [-0.1, -0.05) is 26.7 Å². The highest BCUT2D eigenvalue weighted by Gasteiger charge is 2.44. The predicted octanol–water partition coefficient (Wildman–Crippen LogP) is 3.17. The van der Waals surface area contributed by atoms with Crippen molar-refractivity contribution in [2.24, 2.45) is 5.92 Å². The molecule has 3 fully saturated rings. The number of rotatable bonds is 3. The van der Waals surface area contributed by atoms with E-state index in [0.717, 1.165) is 36.6 Å².